The molecule has 2 aromatic heterocycles. The molecule has 0 spiro atoms. The first-order valence-electron chi connectivity index (χ1n) is 9.11. The Morgan fingerprint density at radius 1 is 1.23 bits per heavy atom. The smallest absolute Gasteiger partial charge is 0.226 e. The number of hydrogen-bond acceptors (Lipinski definition) is 4. The zero-order valence-corrected chi connectivity index (χ0v) is 15.9. The summed E-state index contributed by atoms with van der Waals surface area (Å²) in [5.74, 6) is 1.49. The molecule has 6 heteroatoms. The quantitative estimate of drug-likeness (QED) is 0.707. The molecule has 3 aromatic rings. The summed E-state index contributed by atoms with van der Waals surface area (Å²) in [6, 6.07) is 13.1. The van der Waals surface area contributed by atoms with Crippen LogP contribution in [0.15, 0.2) is 42.6 Å². The highest BCUT2D eigenvalue weighted by Crippen LogP contribution is 2.30. The van der Waals surface area contributed by atoms with Gasteiger partial charge < -0.3 is 9.88 Å². The van der Waals surface area contributed by atoms with Gasteiger partial charge in [-0.15, -0.1) is 0 Å². The lowest BCUT2D eigenvalue weighted by Gasteiger charge is -2.42. The summed E-state index contributed by atoms with van der Waals surface area (Å²) in [6.07, 6.45) is 3.07. The van der Waals surface area contributed by atoms with Gasteiger partial charge in [0.2, 0.25) is 5.28 Å². The molecule has 0 saturated carbocycles. The predicted molar refractivity (Wildman–Crippen MR) is 107 cm³/mol. The van der Waals surface area contributed by atoms with Gasteiger partial charge in [-0.25, -0.2) is 0 Å². The number of rotatable bonds is 4. The van der Waals surface area contributed by atoms with E-state index in [0.717, 1.165) is 36.5 Å². The highest BCUT2D eigenvalue weighted by atomic mass is 35.5. The molecule has 1 unspecified atom stereocenters. The first kappa shape index (κ1) is 17.3. The van der Waals surface area contributed by atoms with Crippen LogP contribution in [0.25, 0.3) is 11.0 Å². The SMILES string of the molecule is CC1CCN(Cc2ccccc2)C[C@@H]1N(C)c1nc(Cl)nc2[nH]ccc12. The molecule has 4 rings (SSSR count). The summed E-state index contributed by atoms with van der Waals surface area (Å²) in [5, 5.41) is 1.30. The van der Waals surface area contributed by atoms with Crippen molar-refractivity contribution in [2.45, 2.75) is 25.9 Å². The van der Waals surface area contributed by atoms with Crippen LogP contribution in [0.1, 0.15) is 18.9 Å². The zero-order chi connectivity index (χ0) is 18.1. The molecule has 136 valence electrons. The van der Waals surface area contributed by atoms with E-state index in [9.17, 15) is 0 Å². The van der Waals surface area contributed by atoms with Gasteiger partial charge in [0.15, 0.2) is 0 Å². The van der Waals surface area contributed by atoms with E-state index in [1.165, 1.54) is 12.0 Å². The molecule has 1 aliphatic heterocycles. The van der Waals surface area contributed by atoms with E-state index in [-0.39, 0.29) is 5.28 Å². The van der Waals surface area contributed by atoms with E-state index in [1.54, 1.807) is 0 Å². The molecule has 0 aliphatic carbocycles. The molecule has 0 amide bonds. The molecular formula is C20H24ClN5. The molecule has 1 fully saturated rings. The minimum absolute atomic E-state index is 0.284. The van der Waals surface area contributed by atoms with Crippen LogP contribution in [0.3, 0.4) is 0 Å². The van der Waals surface area contributed by atoms with Crippen LogP contribution in [0.2, 0.25) is 5.28 Å². The van der Waals surface area contributed by atoms with Gasteiger partial charge in [-0.1, -0.05) is 37.3 Å². The van der Waals surface area contributed by atoms with Crippen LogP contribution < -0.4 is 4.90 Å². The van der Waals surface area contributed by atoms with Gasteiger partial charge in [-0.2, -0.15) is 9.97 Å². The molecule has 3 heterocycles. The molecule has 0 radical (unpaired) electrons. The first-order valence-corrected chi connectivity index (χ1v) is 9.49. The summed E-state index contributed by atoms with van der Waals surface area (Å²) in [6.45, 7) is 5.46. The number of hydrogen-bond donors (Lipinski definition) is 1. The Morgan fingerprint density at radius 2 is 2.04 bits per heavy atom. The van der Waals surface area contributed by atoms with Crippen LogP contribution in [-0.4, -0.2) is 46.0 Å². The molecular weight excluding hydrogens is 346 g/mol. The standard InChI is InChI=1S/C20H24ClN5/c1-14-9-11-26(12-15-6-4-3-5-7-15)13-17(14)25(2)19-16-8-10-22-18(16)23-20(21)24-19/h3-8,10,14,17H,9,11-13H2,1-2H3,(H,22,23,24)/t14?,17-/m0/s1. The Labute approximate surface area is 159 Å². The average Bonchev–Trinajstić information content (AvgIpc) is 3.11. The summed E-state index contributed by atoms with van der Waals surface area (Å²) in [5.41, 5.74) is 2.15. The van der Waals surface area contributed by atoms with Gasteiger partial charge in [0.1, 0.15) is 11.5 Å². The Balaban J connectivity index is 1.57. The average molecular weight is 370 g/mol. The second-order valence-corrected chi connectivity index (χ2v) is 7.56. The topological polar surface area (TPSA) is 48.1 Å². The van der Waals surface area contributed by atoms with E-state index in [0.29, 0.717) is 12.0 Å². The van der Waals surface area contributed by atoms with Crippen LogP contribution >= 0.6 is 11.6 Å². The number of nitrogens with one attached hydrogen (secondary N) is 1. The van der Waals surface area contributed by atoms with Crippen LogP contribution in [0.4, 0.5) is 5.82 Å². The number of likely N-dealkylation sites (tertiary alicyclic amines) is 1. The second kappa shape index (κ2) is 7.25. The van der Waals surface area contributed by atoms with Gasteiger partial charge in [0, 0.05) is 32.4 Å². The van der Waals surface area contributed by atoms with Crippen molar-refractivity contribution in [3.8, 4) is 0 Å². The summed E-state index contributed by atoms with van der Waals surface area (Å²) < 4.78 is 0. The van der Waals surface area contributed by atoms with Gasteiger partial charge >= 0.3 is 0 Å². The van der Waals surface area contributed by atoms with Crippen molar-refractivity contribution in [2.75, 3.05) is 25.0 Å². The zero-order valence-electron chi connectivity index (χ0n) is 15.2. The third-order valence-electron chi connectivity index (χ3n) is 5.45. The van der Waals surface area contributed by atoms with Gasteiger partial charge in [-0.3, -0.25) is 4.90 Å². The molecule has 0 bridgehead atoms. The Bertz CT molecular complexity index is 878. The number of likely N-dealkylation sites (N-methyl/N-ethyl adjacent to an activating group) is 1. The van der Waals surface area contributed by atoms with Gasteiger partial charge in [0.25, 0.3) is 0 Å². The number of nitrogens with zero attached hydrogens (tertiary/aromatic N) is 4. The van der Waals surface area contributed by atoms with E-state index >= 15 is 0 Å². The summed E-state index contributed by atoms with van der Waals surface area (Å²) in [4.78, 5) is 16.8. The maximum atomic E-state index is 6.16. The summed E-state index contributed by atoms with van der Waals surface area (Å²) in [7, 11) is 2.12. The minimum Gasteiger partial charge on any atom is -0.354 e. The molecule has 26 heavy (non-hydrogen) atoms. The van der Waals surface area contributed by atoms with Crippen molar-refractivity contribution in [3.63, 3.8) is 0 Å². The number of aromatic amines is 1. The van der Waals surface area contributed by atoms with Gasteiger partial charge in [0.05, 0.1) is 5.39 Å². The van der Waals surface area contributed by atoms with Crippen LogP contribution in [0, 0.1) is 5.92 Å². The molecule has 1 aromatic carbocycles. The largest absolute Gasteiger partial charge is 0.354 e. The number of fused-ring (bicyclic) bond motifs is 1. The van der Waals surface area contributed by atoms with Crippen LogP contribution in [-0.2, 0) is 6.54 Å². The van der Waals surface area contributed by atoms with E-state index < -0.39 is 0 Å². The third kappa shape index (κ3) is 3.41. The Hall–Kier alpha value is -2.11. The third-order valence-corrected chi connectivity index (χ3v) is 5.62. The fraction of sp³-hybridized carbons (Fsp3) is 0.400. The van der Waals surface area contributed by atoms with Crippen molar-refractivity contribution in [1.82, 2.24) is 19.9 Å². The Morgan fingerprint density at radius 3 is 2.85 bits per heavy atom. The Kier molecular flexibility index (Phi) is 4.83. The highest BCUT2D eigenvalue weighted by molar-refractivity contribution is 6.28. The lowest BCUT2D eigenvalue weighted by Crippen LogP contribution is -2.50. The number of halogens is 1. The van der Waals surface area contributed by atoms with Gasteiger partial charge in [-0.05, 0) is 42.1 Å². The number of piperidine rings is 1. The lowest BCUT2D eigenvalue weighted by atomic mass is 9.92. The predicted octanol–water partition coefficient (Wildman–Crippen LogP) is 3.96. The fourth-order valence-electron chi connectivity index (χ4n) is 3.93. The highest BCUT2D eigenvalue weighted by Gasteiger charge is 2.31. The number of aromatic nitrogens is 3. The molecule has 1 aliphatic rings. The maximum absolute atomic E-state index is 6.16. The molecule has 5 nitrogen and oxygen atoms in total. The number of H-pyrrole nitrogens is 1. The number of anilines is 1. The van der Waals surface area contributed by atoms with Crippen LogP contribution in [0.5, 0.6) is 0 Å². The fourth-order valence-corrected chi connectivity index (χ4v) is 4.09. The number of benzene rings is 1. The monoisotopic (exact) mass is 369 g/mol. The molecule has 1 N–H and O–H groups in total. The second-order valence-electron chi connectivity index (χ2n) is 7.22. The normalized spacial score (nSPS) is 21.2. The summed E-state index contributed by atoms with van der Waals surface area (Å²) >= 11 is 6.16. The van der Waals surface area contributed by atoms with E-state index in [1.807, 2.05) is 12.3 Å². The minimum atomic E-state index is 0.284. The molecule has 1 saturated heterocycles. The van der Waals surface area contributed by atoms with Crippen molar-refractivity contribution >= 4 is 28.5 Å². The molecule has 2 atom stereocenters. The lowest BCUT2D eigenvalue weighted by molar-refractivity contribution is 0.159. The van der Waals surface area contributed by atoms with Crippen molar-refractivity contribution in [2.24, 2.45) is 5.92 Å². The maximum Gasteiger partial charge on any atom is 0.226 e. The van der Waals surface area contributed by atoms with Crippen molar-refractivity contribution in [3.05, 3.63) is 53.4 Å². The van der Waals surface area contributed by atoms with E-state index in [4.69, 9.17) is 11.6 Å². The van der Waals surface area contributed by atoms with Crippen molar-refractivity contribution < 1.29 is 0 Å². The first-order chi connectivity index (χ1) is 12.6. The van der Waals surface area contributed by atoms with Crippen molar-refractivity contribution in [1.29, 1.82) is 0 Å². The van der Waals surface area contributed by atoms with E-state index in [2.05, 4.69) is 69.1 Å².